The summed E-state index contributed by atoms with van der Waals surface area (Å²) in [5, 5.41) is 0. The fourth-order valence-electron chi connectivity index (χ4n) is 2.41. The smallest absolute Gasteiger partial charge is 0.122 e. The maximum absolute atomic E-state index is 5.89. The number of rotatable bonds is 8. The highest BCUT2D eigenvalue weighted by atomic mass is 16.5. The SMILES string of the molecule is C=CCc1ccccc1OCCCCN1CCOCC1. The van der Waals surface area contributed by atoms with E-state index in [1.54, 1.807) is 0 Å². The Morgan fingerprint density at radius 2 is 2.00 bits per heavy atom. The molecule has 0 saturated carbocycles. The van der Waals surface area contributed by atoms with Crippen LogP contribution in [-0.4, -0.2) is 44.4 Å². The molecule has 0 atom stereocenters. The zero-order valence-electron chi connectivity index (χ0n) is 12.2. The lowest BCUT2D eigenvalue weighted by Gasteiger charge is -2.26. The molecule has 1 fully saturated rings. The highest BCUT2D eigenvalue weighted by Gasteiger charge is 2.09. The average Bonchev–Trinajstić information content (AvgIpc) is 2.50. The minimum Gasteiger partial charge on any atom is -0.493 e. The summed E-state index contributed by atoms with van der Waals surface area (Å²) in [5.74, 6) is 0.999. The Labute approximate surface area is 122 Å². The number of unbranched alkanes of at least 4 members (excludes halogenated alkanes) is 1. The molecule has 3 nitrogen and oxygen atoms in total. The number of morpholine rings is 1. The molecule has 1 aromatic rings. The molecule has 1 saturated heterocycles. The quantitative estimate of drug-likeness (QED) is 0.538. The van der Waals surface area contributed by atoms with Crippen molar-refractivity contribution in [3.63, 3.8) is 0 Å². The van der Waals surface area contributed by atoms with Gasteiger partial charge in [0.1, 0.15) is 5.75 Å². The molecule has 3 heteroatoms. The molecule has 0 spiro atoms. The van der Waals surface area contributed by atoms with Crippen molar-refractivity contribution in [2.75, 3.05) is 39.5 Å². The first-order valence-corrected chi connectivity index (χ1v) is 7.52. The van der Waals surface area contributed by atoms with E-state index in [9.17, 15) is 0 Å². The number of nitrogens with zero attached hydrogens (tertiary/aromatic N) is 1. The standard InChI is InChI=1S/C17H25NO2/c1-2-7-16-8-3-4-9-17(16)20-13-6-5-10-18-11-14-19-15-12-18/h2-4,8-9H,1,5-7,10-15H2. The van der Waals surface area contributed by atoms with Gasteiger partial charge in [-0.2, -0.15) is 0 Å². The molecule has 2 rings (SSSR count). The molecule has 1 heterocycles. The van der Waals surface area contributed by atoms with Crippen LogP contribution in [-0.2, 0) is 11.2 Å². The van der Waals surface area contributed by atoms with Gasteiger partial charge in [0.15, 0.2) is 0 Å². The van der Waals surface area contributed by atoms with Gasteiger partial charge < -0.3 is 9.47 Å². The van der Waals surface area contributed by atoms with Crippen molar-refractivity contribution >= 4 is 0 Å². The average molecular weight is 275 g/mol. The maximum atomic E-state index is 5.89. The van der Waals surface area contributed by atoms with E-state index < -0.39 is 0 Å². The van der Waals surface area contributed by atoms with Crippen LogP contribution in [0.25, 0.3) is 0 Å². The number of benzene rings is 1. The Kier molecular flexibility index (Phi) is 6.61. The second kappa shape index (κ2) is 8.77. The van der Waals surface area contributed by atoms with Crippen LogP contribution in [0.4, 0.5) is 0 Å². The summed E-state index contributed by atoms with van der Waals surface area (Å²) < 4.78 is 11.2. The van der Waals surface area contributed by atoms with Gasteiger partial charge in [0.05, 0.1) is 19.8 Å². The number of allylic oxidation sites excluding steroid dienone is 1. The molecule has 1 aromatic carbocycles. The van der Waals surface area contributed by atoms with Gasteiger partial charge in [-0.1, -0.05) is 24.3 Å². The second-order valence-corrected chi connectivity index (χ2v) is 5.11. The molecule has 0 aliphatic carbocycles. The third-order valence-corrected chi connectivity index (χ3v) is 3.57. The molecule has 1 aliphatic rings. The van der Waals surface area contributed by atoms with Gasteiger partial charge in [0.2, 0.25) is 0 Å². The molecule has 20 heavy (non-hydrogen) atoms. The lowest BCUT2D eigenvalue weighted by atomic mass is 10.1. The molecular formula is C17H25NO2. The van der Waals surface area contributed by atoms with Gasteiger partial charge >= 0.3 is 0 Å². The van der Waals surface area contributed by atoms with E-state index in [1.165, 1.54) is 12.0 Å². The van der Waals surface area contributed by atoms with E-state index in [4.69, 9.17) is 9.47 Å². The summed E-state index contributed by atoms with van der Waals surface area (Å²) in [4.78, 5) is 2.47. The van der Waals surface area contributed by atoms with Crippen molar-refractivity contribution in [1.29, 1.82) is 0 Å². The van der Waals surface area contributed by atoms with Crippen LogP contribution in [0.15, 0.2) is 36.9 Å². The zero-order chi connectivity index (χ0) is 14.0. The molecule has 0 aromatic heterocycles. The Morgan fingerprint density at radius 3 is 2.80 bits per heavy atom. The van der Waals surface area contributed by atoms with Crippen molar-refractivity contribution in [2.45, 2.75) is 19.3 Å². The van der Waals surface area contributed by atoms with E-state index >= 15 is 0 Å². The highest BCUT2D eigenvalue weighted by molar-refractivity contribution is 5.34. The minimum atomic E-state index is 0.790. The molecule has 0 radical (unpaired) electrons. The predicted octanol–water partition coefficient (Wildman–Crippen LogP) is 2.91. The fraction of sp³-hybridized carbons (Fsp3) is 0.529. The predicted molar refractivity (Wildman–Crippen MR) is 82.3 cm³/mol. The van der Waals surface area contributed by atoms with Gasteiger partial charge in [-0.15, -0.1) is 6.58 Å². The van der Waals surface area contributed by atoms with E-state index in [-0.39, 0.29) is 0 Å². The van der Waals surface area contributed by atoms with Crippen LogP contribution in [0.3, 0.4) is 0 Å². The molecule has 0 N–H and O–H groups in total. The zero-order valence-corrected chi connectivity index (χ0v) is 12.2. The van der Waals surface area contributed by atoms with Crippen LogP contribution in [0.1, 0.15) is 18.4 Å². The Balaban J connectivity index is 1.64. The monoisotopic (exact) mass is 275 g/mol. The maximum Gasteiger partial charge on any atom is 0.122 e. The van der Waals surface area contributed by atoms with Crippen molar-refractivity contribution in [3.8, 4) is 5.75 Å². The Bertz CT molecular complexity index is 400. The number of hydrogen-bond acceptors (Lipinski definition) is 3. The fourth-order valence-corrected chi connectivity index (χ4v) is 2.41. The van der Waals surface area contributed by atoms with E-state index in [2.05, 4.69) is 17.5 Å². The molecule has 1 aliphatic heterocycles. The van der Waals surface area contributed by atoms with Gasteiger partial charge in [0, 0.05) is 13.1 Å². The third kappa shape index (κ3) is 4.99. The summed E-state index contributed by atoms with van der Waals surface area (Å²) >= 11 is 0. The molecule has 0 unspecified atom stereocenters. The molecule has 0 amide bonds. The summed E-state index contributed by atoms with van der Waals surface area (Å²) in [5.41, 5.74) is 1.22. The summed E-state index contributed by atoms with van der Waals surface area (Å²) in [6, 6.07) is 8.21. The highest BCUT2D eigenvalue weighted by Crippen LogP contribution is 2.19. The first-order chi connectivity index (χ1) is 9.90. The third-order valence-electron chi connectivity index (χ3n) is 3.57. The Morgan fingerprint density at radius 1 is 1.20 bits per heavy atom. The van der Waals surface area contributed by atoms with E-state index in [1.807, 2.05) is 24.3 Å². The number of ether oxygens (including phenoxy) is 2. The Hall–Kier alpha value is -1.32. The summed E-state index contributed by atoms with van der Waals surface area (Å²) in [6.07, 6.45) is 5.06. The first-order valence-electron chi connectivity index (χ1n) is 7.52. The van der Waals surface area contributed by atoms with Crippen LogP contribution in [0.5, 0.6) is 5.75 Å². The topological polar surface area (TPSA) is 21.7 Å². The molecule has 110 valence electrons. The molecule has 0 bridgehead atoms. The lowest BCUT2D eigenvalue weighted by molar-refractivity contribution is 0.0368. The van der Waals surface area contributed by atoms with Crippen LogP contribution >= 0.6 is 0 Å². The van der Waals surface area contributed by atoms with Crippen molar-refractivity contribution in [1.82, 2.24) is 4.90 Å². The van der Waals surface area contributed by atoms with Crippen molar-refractivity contribution < 1.29 is 9.47 Å². The van der Waals surface area contributed by atoms with Gasteiger partial charge in [-0.25, -0.2) is 0 Å². The minimum absolute atomic E-state index is 0.790. The number of hydrogen-bond donors (Lipinski definition) is 0. The summed E-state index contributed by atoms with van der Waals surface area (Å²) in [6.45, 7) is 9.64. The lowest BCUT2D eigenvalue weighted by Crippen LogP contribution is -2.36. The van der Waals surface area contributed by atoms with E-state index in [0.29, 0.717) is 0 Å². The largest absolute Gasteiger partial charge is 0.493 e. The van der Waals surface area contributed by atoms with Crippen molar-refractivity contribution in [3.05, 3.63) is 42.5 Å². The van der Waals surface area contributed by atoms with Gasteiger partial charge in [-0.05, 0) is 37.4 Å². The van der Waals surface area contributed by atoms with Gasteiger partial charge in [0.25, 0.3) is 0 Å². The normalized spacial score (nSPS) is 16.0. The van der Waals surface area contributed by atoms with Crippen molar-refractivity contribution in [2.24, 2.45) is 0 Å². The first kappa shape index (κ1) is 15.1. The molecular weight excluding hydrogens is 250 g/mol. The summed E-state index contributed by atoms with van der Waals surface area (Å²) in [7, 11) is 0. The van der Waals surface area contributed by atoms with Gasteiger partial charge in [-0.3, -0.25) is 4.90 Å². The number of para-hydroxylation sites is 1. The van der Waals surface area contributed by atoms with E-state index in [0.717, 1.165) is 58.0 Å². The second-order valence-electron chi connectivity index (χ2n) is 5.11. The van der Waals surface area contributed by atoms with Crippen LogP contribution in [0.2, 0.25) is 0 Å². The van der Waals surface area contributed by atoms with Crippen LogP contribution < -0.4 is 4.74 Å². The van der Waals surface area contributed by atoms with Crippen LogP contribution in [0, 0.1) is 0 Å².